The van der Waals surface area contributed by atoms with Crippen molar-refractivity contribution in [3.05, 3.63) is 86.9 Å². The molecule has 0 spiro atoms. The average Bonchev–Trinajstić information content (AvgIpc) is 3.51. The van der Waals surface area contributed by atoms with Gasteiger partial charge in [0, 0.05) is 28.3 Å². The van der Waals surface area contributed by atoms with Crippen LogP contribution in [0.5, 0.6) is 0 Å². The van der Waals surface area contributed by atoms with Crippen molar-refractivity contribution in [2.45, 2.75) is 6.42 Å². The molecule has 9 nitrogen and oxygen atoms in total. The van der Waals surface area contributed by atoms with Gasteiger partial charge in [0.25, 0.3) is 23.4 Å². The molecule has 0 aromatic heterocycles. The second-order valence-corrected chi connectivity index (χ2v) is 9.02. The predicted molar refractivity (Wildman–Crippen MR) is 119 cm³/mol. The van der Waals surface area contributed by atoms with Gasteiger partial charge in [-0.2, -0.15) is 5.01 Å². The van der Waals surface area contributed by atoms with Crippen LogP contribution in [0.4, 0.5) is 5.69 Å². The first kappa shape index (κ1) is 22.0. The Morgan fingerprint density at radius 3 is 2.21 bits per heavy atom. The lowest BCUT2D eigenvalue weighted by Gasteiger charge is -2.30. The number of hydrazine groups is 1. The Hall–Kier alpha value is -3.85. The highest BCUT2D eigenvalue weighted by atomic mass is 35.5. The van der Waals surface area contributed by atoms with Gasteiger partial charge in [-0.15, -0.1) is 0 Å². The fraction of sp³-hybridized carbons (Fsp3) is 0.250. The molecule has 3 amide bonds. The van der Waals surface area contributed by atoms with Crippen LogP contribution < -0.4 is 0 Å². The number of carbonyl (C=O) groups is 4. The number of nitro groups is 1. The standard InChI is InChI=1S/C24H18ClN3O6/c25-17-8-6-13(7-9-17)22(30)26(12-19(29)14-2-1-3-18(11-14)28(33)34)27-23(31)20-15-4-5-16(10-15)21(20)24(27)32/h1-9,11,15-16,20-21H,10,12H2/t15-,16-,20-,21-/m0/s1. The predicted octanol–water partition coefficient (Wildman–Crippen LogP) is 3.30. The number of nitrogens with zero attached hydrogens (tertiary/aromatic N) is 3. The van der Waals surface area contributed by atoms with E-state index in [0.717, 1.165) is 22.5 Å². The molecular formula is C24H18ClN3O6. The molecule has 0 unspecified atom stereocenters. The fourth-order valence-corrected chi connectivity index (χ4v) is 5.25. The van der Waals surface area contributed by atoms with Crippen LogP contribution in [0.2, 0.25) is 5.02 Å². The number of benzene rings is 2. The highest BCUT2D eigenvalue weighted by molar-refractivity contribution is 6.30. The molecule has 4 atom stereocenters. The van der Waals surface area contributed by atoms with Crippen molar-refractivity contribution in [3.63, 3.8) is 0 Å². The number of non-ortho nitro benzene ring substituents is 1. The Bertz CT molecular complexity index is 1240. The summed E-state index contributed by atoms with van der Waals surface area (Å²) >= 11 is 5.92. The van der Waals surface area contributed by atoms with Crippen molar-refractivity contribution in [1.82, 2.24) is 10.0 Å². The van der Waals surface area contributed by atoms with Gasteiger partial charge >= 0.3 is 0 Å². The van der Waals surface area contributed by atoms with Gasteiger partial charge in [-0.3, -0.25) is 29.3 Å². The number of nitro benzene ring substituents is 1. The Balaban J connectivity index is 1.50. The van der Waals surface area contributed by atoms with Gasteiger partial charge in [0.15, 0.2) is 5.78 Å². The lowest BCUT2D eigenvalue weighted by Crippen LogP contribution is -2.52. The van der Waals surface area contributed by atoms with Crippen molar-refractivity contribution in [3.8, 4) is 0 Å². The van der Waals surface area contributed by atoms with E-state index < -0.39 is 46.8 Å². The molecule has 2 bridgehead atoms. The van der Waals surface area contributed by atoms with Gasteiger partial charge in [0.05, 0.1) is 16.8 Å². The zero-order chi connectivity index (χ0) is 24.1. The number of fused-ring (bicyclic) bond motifs is 5. The normalized spacial score (nSPS) is 24.4. The first-order valence-electron chi connectivity index (χ1n) is 10.7. The number of carbonyl (C=O) groups excluding carboxylic acids is 4. The smallest absolute Gasteiger partial charge is 0.273 e. The van der Waals surface area contributed by atoms with Crippen LogP contribution in [-0.2, 0) is 9.59 Å². The van der Waals surface area contributed by atoms with E-state index in [9.17, 15) is 29.3 Å². The number of halogens is 1. The maximum absolute atomic E-state index is 13.4. The Morgan fingerprint density at radius 1 is 1.00 bits per heavy atom. The second-order valence-electron chi connectivity index (χ2n) is 8.59. The van der Waals surface area contributed by atoms with E-state index in [-0.39, 0.29) is 28.7 Å². The fourth-order valence-electron chi connectivity index (χ4n) is 5.12. The summed E-state index contributed by atoms with van der Waals surface area (Å²) in [7, 11) is 0. The van der Waals surface area contributed by atoms with E-state index in [1.807, 2.05) is 12.2 Å². The molecule has 2 aromatic carbocycles. The Labute approximate surface area is 198 Å². The molecule has 1 aliphatic heterocycles. The van der Waals surface area contributed by atoms with Crippen molar-refractivity contribution < 1.29 is 24.1 Å². The lowest BCUT2D eigenvalue weighted by molar-refractivity contribution is -0.384. The molecule has 1 saturated carbocycles. The van der Waals surface area contributed by atoms with E-state index in [2.05, 4.69) is 0 Å². The first-order chi connectivity index (χ1) is 16.3. The molecule has 2 fully saturated rings. The Kier molecular flexibility index (Phi) is 5.28. The van der Waals surface area contributed by atoms with Crippen molar-refractivity contribution in [1.29, 1.82) is 0 Å². The van der Waals surface area contributed by atoms with Crippen molar-refractivity contribution in [2.24, 2.45) is 23.7 Å². The average molecular weight is 480 g/mol. The minimum absolute atomic E-state index is 0.0101. The molecule has 5 rings (SSSR count). The van der Waals surface area contributed by atoms with Gasteiger partial charge in [-0.25, -0.2) is 5.01 Å². The van der Waals surface area contributed by atoms with Gasteiger partial charge < -0.3 is 0 Å². The third-order valence-electron chi connectivity index (χ3n) is 6.69. The van der Waals surface area contributed by atoms with E-state index in [1.165, 1.54) is 42.5 Å². The molecule has 1 heterocycles. The molecule has 2 aliphatic carbocycles. The van der Waals surface area contributed by atoms with E-state index >= 15 is 0 Å². The van der Waals surface area contributed by atoms with Gasteiger partial charge in [-0.1, -0.05) is 35.9 Å². The highest BCUT2D eigenvalue weighted by Crippen LogP contribution is 2.52. The molecule has 2 aromatic rings. The van der Waals surface area contributed by atoms with Gasteiger partial charge in [0.1, 0.15) is 6.54 Å². The van der Waals surface area contributed by atoms with Gasteiger partial charge in [-0.05, 0) is 42.5 Å². The van der Waals surface area contributed by atoms with Crippen molar-refractivity contribution in [2.75, 3.05) is 6.54 Å². The summed E-state index contributed by atoms with van der Waals surface area (Å²) in [6, 6.07) is 10.9. The maximum Gasteiger partial charge on any atom is 0.273 e. The van der Waals surface area contributed by atoms with Crippen LogP contribution >= 0.6 is 11.6 Å². The monoisotopic (exact) mass is 479 g/mol. The van der Waals surface area contributed by atoms with E-state index in [0.29, 0.717) is 5.02 Å². The van der Waals surface area contributed by atoms with Crippen LogP contribution in [-0.4, -0.2) is 45.0 Å². The number of rotatable bonds is 6. The van der Waals surface area contributed by atoms with Crippen LogP contribution in [0.1, 0.15) is 27.1 Å². The van der Waals surface area contributed by atoms with Crippen LogP contribution in [0.25, 0.3) is 0 Å². The number of imide groups is 1. The van der Waals surface area contributed by atoms with E-state index in [1.54, 1.807) is 0 Å². The lowest BCUT2D eigenvalue weighted by atomic mass is 9.85. The quantitative estimate of drug-likeness (QED) is 0.206. The summed E-state index contributed by atoms with van der Waals surface area (Å²) in [4.78, 5) is 63.7. The third kappa shape index (κ3) is 3.49. The topological polar surface area (TPSA) is 118 Å². The zero-order valence-electron chi connectivity index (χ0n) is 17.7. The molecule has 34 heavy (non-hydrogen) atoms. The number of hydrogen-bond acceptors (Lipinski definition) is 6. The summed E-state index contributed by atoms with van der Waals surface area (Å²) < 4.78 is 0. The van der Waals surface area contributed by atoms with Crippen LogP contribution in [0, 0.1) is 33.8 Å². The second kappa shape index (κ2) is 8.18. The van der Waals surface area contributed by atoms with Crippen molar-refractivity contribution >= 4 is 40.8 Å². The summed E-state index contributed by atoms with van der Waals surface area (Å²) in [5.41, 5.74) is -0.161. The molecule has 0 radical (unpaired) electrons. The third-order valence-corrected chi connectivity index (χ3v) is 6.94. The minimum atomic E-state index is -0.725. The summed E-state index contributed by atoms with van der Waals surface area (Å²) in [6.07, 6.45) is 4.58. The summed E-state index contributed by atoms with van der Waals surface area (Å²) in [6.45, 7) is -0.637. The highest BCUT2D eigenvalue weighted by Gasteiger charge is 2.61. The molecule has 172 valence electrons. The number of hydrogen-bond donors (Lipinski definition) is 0. The van der Waals surface area contributed by atoms with Crippen LogP contribution in [0.3, 0.4) is 0 Å². The molecular weight excluding hydrogens is 462 g/mol. The largest absolute Gasteiger partial charge is 0.292 e. The van der Waals surface area contributed by atoms with Gasteiger partial charge in [0.2, 0.25) is 0 Å². The zero-order valence-corrected chi connectivity index (χ0v) is 18.4. The molecule has 1 saturated heterocycles. The number of allylic oxidation sites excluding steroid dienone is 2. The summed E-state index contributed by atoms with van der Waals surface area (Å²) in [5, 5.41) is 13.2. The first-order valence-corrected chi connectivity index (χ1v) is 11.0. The number of ketones is 1. The Morgan fingerprint density at radius 2 is 1.62 bits per heavy atom. The van der Waals surface area contributed by atoms with E-state index in [4.69, 9.17) is 11.6 Å². The SMILES string of the molecule is O=C(CN(C(=O)c1ccc(Cl)cc1)N1C(=O)[C@@H]2[C@@H](C1=O)[C@H]1C=C[C@H]2C1)c1cccc([N+](=O)[O-])c1. The molecule has 10 heteroatoms. The summed E-state index contributed by atoms with van der Waals surface area (Å²) in [5.74, 6) is -3.66. The molecule has 3 aliphatic rings. The number of Topliss-reactive ketones (excluding diaryl/α,β-unsaturated/α-hetero) is 1. The molecule has 0 N–H and O–H groups in total. The maximum atomic E-state index is 13.4. The number of amides is 3. The minimum Gasteiger partial charge on any atom is -0.292 e. The van der Waals surface area contributed by atoms with Crippen LogP contribution in [0.15, 0.2) is 60.7 Å².